The van der Waals surface area contributed by atoms with Crippen LogP contribution in [-0.2, 0) is 6.54 Å². The summed E-state index contributed by atoms with van der Waals surface area (Å²) in [7, 11) is 1.63. The maximum absolute atomic E-state index is 13.4. The summed E-state index contributed by atoms with van der Waals surface area (Å²) < 4.78 is 8.97. The molecule has 7 heteroatoms. The molecule has 0 saturated carbocycles. The summed E-state index contributed by atoms with van der Waals surface area (Å²) in [6.45, 7) is 3.35. The third-order valence-electron chi connectivity index (χ3n) is 5.86. The highest BCUT2D eigenvalue weighted by Crippen LogP contribution is 2.21. The number of piperazine rings is 1. The van der Waals surface area contributed by atoms with E-state index in [0.29, 0.717) is 30.7 Å². The molecule has 0 aliphatic carbocycles. The number of carbonyl (C=O) groups excluding carboxylic acids is 1. The smallest absolute Gasteiger partial charge is 0.275 e. The quantitative estimate of drug-likeness (QED) is 0.555. The van der Waals surface area contributed by atoms with E-state index in [-0.39, 0.29) is 11.5 Å². The third kappa shape index (κ3) is 3.47. The van der Waals surface area contributed by atoms with E-state index in [1.165, 1.54) is 0 Å². The van der Waals surface area contributed by atoms with Crippen molar-refractivity contribution < 1.29 is 9.53 Å². The summed E-state index contributed by atoms with van der Waals surface area (Å²) in [5, 5.41) is 3.27. The van der Waals surface area contributed by atoms with Crippen LogP contribution in [0.25, 0.3) is 16.6 Å². The summed E-state index contributed by atoms with van der Waals surface area (Å²) in [5.74, 6) is 0.740. The van der Waals surface area contributed by atoms with E-state index in [1.54, 1.807) is 11.7 Å². The molecular formula is C24H24N4O3. The Labute approximate surface area is 179 Å². The number of hydrogen-bond donors (Lipinski definition) is 1. The number of rotatable bonds is 4. The zero-order chi connectivity index (χ0) is 21.4. The van der Waals surface area contributed by atoms with Crippen LogP contribution in [0.2, 0.25) is 0 Å². The number of nitrogens with zero attached hydrogens (tertiary/aromatic N) is 3. The van der Waals surface area contributed by atoms with E-state index in [4.69, 9.17) is 4.74 Å². The van der Waals surface area contributed by atoms with Gasteiger partial charge in [0.2, 0.25) is 0 Å². The Bertz CT molecular complexity index is 1330. The van der Waals surface area contributed by atoms with Gasteiger partial charge in [0, 0.05) is 37.9 Å². The zero-order valence-electron chi connectivity index (χ0n) is 17.4. The average Bonchev–Trinajstić information content (AvgIpc) is 3.32. The highest BCUT2D eigenvalue weighted by atomic mass is 16.5. The van der Waals surface area contributed by atoms with Gasteiger partial charge in [-0.05, 0) is 48.0 Å². The van der Waals surface area contributed by atoms with Gasteiger partial charge in [-0.1, -0.05) is 12.1 Å². The molecule has 2 aromatic carbocycles. The van der Waals surface area contributed by atoms with Crippen LogP contribution >= 0.6 is 0 Å². The van der Waals surface area contributed by atoms with Gasteiger partial charge in [0.1, 0.15) is 11.3 Å². The number of nitrogens with one attached hydrogen (secondary N) is 1. The van der Waals surface area contributed by atoms with Crippen LogP contribution in [0.15, 0.2) is 65.6 Å². The van der Waals surface area contributed by atoms with Gasteiger partial charge in [0.15, 0.2) is 0 Å². The molecule has 31 heavy (non-hydrogen) atoms. The van der Waals surface area contributed by atoms with Crippen LogP contribution in [0.4, 0.5) is 0 Å². The Balaban J connectivity index is 1.66. The number of aromatic nitrogens is 2. The molecule has 4 aromatic rings. The van der Waals surface area contributed by atoms with E-state index in [2.05, 4.69) is 5.32 Å². The predicted octanol–water partition coefficient (Wildman–Crippen LogP) is 2.36. The number of hydrogen-bond acceptors (Lipinski definition) is 4. The lowest BCUT2D eigenvalue weighted by Gasteiger charge is -2.27. The minimum atomic E-state index is -0.0907. The molecule has 3 heterocycles. The van der Waals surface area contributed by atoms with Gasteiger partial charge in [-0.15, -0.1) is 0 Å². The van der Waals surface area contributed by atoms with Crippen molar-refractivity contribution in [3.05, 3.63) is 82.3 Å². The highest BCUT2D eigenvalue weighted by Gasteiger charge is 2.20. The summed E-state index contributed by atoms with van der Waals surface area (Å²) in [6.07, 6.45) is 1.88. The predicted molar refractivity (Wildman–Crippen MR) is 120 cm³/mol. The second kappa shape index (κ2) is 7.92. The molecule has 0 unspecified atom stereocenters. The first-order chi connectivity index (χ1) is 15.2. The molecule has 1 fully saturated rings. The maximum Gasteiger partial charge on any atom is 0.275 e. The Hall–Kier alpha value is -3.58. The van der Waals surface area contributed by atoms with Gasteiger partial charge in [-0.25, -0.2) is 0 Å². The lowest BCUT2D eigenvalue weighted by Crippen LogP contribution is -2.46. The molecule has 0 atom stereocenters. The number of methoxy groups -OCH3 is 1. The molecule has 0 radical (unpaired) electrons. The number of fused-ring (bicyclic) bond motifs is 3. The minimum Gasteiger partial charge on any atom is -0.497 e. The largest absolute Gasteiger partial charge is 0.497 e. The Morgan fingerprint density at radius 1 is 1.00 bits per heavy atom. The van der Waals surface area contributed by atoms with Crippen LogP contribution in [0.3, 0.4) is 0 Å². The van der Waals surface area contributed by atoms with Gasteiger partial charge in [0.25, 0.3) is 11.5 Å². The van der Waals surface area contributed by atoms with E-state index < -0.39 is 0 Å². The van der Waals surface area contributed by atoms with Crippen molar-refractivity contribution in [2.75, 3.05) is 33.3 Å². The van der Waals surface area contributed by atoms with Gasteiger partial charge < -0.3 is 23.9 Å². The van der Waals surface area contributed by atoms with Crippen molar-refractivity contribution in [3.8, 4) is 5.75 Å². The van der Waals surface area contributed by atoms with Gasteiger partial charge in [-0.3, -0.25) is 9.59 Å². The monoisotopic (exact) mass is 416 g/mol. The summed E-state index contributed by atoms with van der Waals surface area (Å²) in [6, 6.07) is 17.0. The van der Waals surface area contributed by atoms with E-state index in [0.717, 1.165) is 35.4 Å². The lowest BCUT2D eigenvalue weighted by atomic mass is 10.1. The lowest BCUT2D eigenvalue weighted by molar-refractivity contribution is 0.0736. The van der Waals surface area contributed by atoms with Gasteiger partial charge in [-0.2, -0.15) is 0 Å². The van der Waals surface area contributed by atoms with E-state index >= 15 is 0 Å². The van der Waals surface area contributed by atoms with Crippen molar-refractivity contribution >= 4 is 22.5 Å². The fourth-order valence-corrected chi connectivity index (χ4v) is 4.25. The van der Waals surface area contributed by atoms with Crippen LogP contribution in [0.1, 0.15) is 15.9 Å². The van der Waals surface area contributed by atoms with Crippen molar-refractivity contribution in [2.24, 2.45) is 0 Å². The Morgan fingerprint density at radius 2 is 1.84 bits per heavy atom. The Morgan fingerprint density at radius 3 is 2.65 bits per heavy atom. The van der Waals surface area contributed by atoms with E-state index in [9.17, 15) is 9.59 Å². The van der Waals surface area contributed by atoms with Crippen LogP contribution < -0.4 is 15.6 Å². The van der Waals surface area contributed by atoms with Crippen molar-refractivity contribution in [1.82, 2.24) is 19.2 Å². The summed E-state index contributed by atoms with van der Waals surface area (Å²) >= 11 is 0. The normalized spacial score (nSPS) is 14.3. The maximum atomic E-state index is 13.4. The Kier molecular flexibility index (Phi) is 4.95. The number of ether oxygens (including phenoxy) is 1. The number of amides is 1. The van der Waals surface area contributed by atoms with Crippen molar-refractivity contribution in [3.63, 3.8) is 0 Å². The number of carbonyl (C=O) groups is 1. The van der Waals surface area contributed by atoms with Gasteiger partial charge >= 0.3 is 0 Å². The van der Waals surface area contributed by atoms with Crippen LogP contribution in [0, 0.1) is 0 Å². The molecule has 2 aromatic heterocycles. The second-order valence-corrected chi connectivity index (χ2v) is 7.75. The van der Waals surface area contributed by atoms with E-state index in [1.807, 2.05) is 70.1 Å². The molecule has 1 N–H and O–H groups in total. The average molecular weight is 416 g/mol. The zero-order valence-corrected chi connectivity index (χ0v) is 17.4. The topological polar surface area (TPSA) is 68.0 Å². The highest BCUT2D eigenvalue weighted by molar-refractivity contribution is 5.97. The van der Waals surface area contributed by atoms with Crippen molar-refractivity contribution in [2.45, 2.75) is 6.54 Å². The minimum absolute atomic E-state index is 0.00335. The summed E-state index contributed by atoms with van der Waals surface area (Å²) in [4.78, 5) is 28.3. The molecule has 1 aliphatic rings. The first-order valence-corrected chi connectivity index (χ1v) is 10.4. The van der Waals surface area contributed by atoms with Crippen LogP contribution in [-0.4, -0.2) is 53.1 Å². The third-order valence-corrected chi connectivity index (χ3v) is 5.86. The fraction of sp³-hybridized carbons (Fsp3) is 0.250. The fourth-order valence-electron chi connectivity index (χ4n) is 4.25. The molecule has 1 amide bonds. The molecular weight excluding hydrogens is 392 g/mol. The molecule has 5 rings (SSSR count). The SMILES string of the molecule is COc1cccc(Cn2c(=O)c3cccn3c3ccc(C(=O)N4CCNCC4)cc32)c1. The molecule has 1 aliphatic heterocycles. The molecule has 0 spiro atoms. The standard InChI is InChI=1S/C24H24N4O3/c1-31-19-5-2-4-17(14-19)16-28-22-15-18(23(29)26-12-9-25-10-13-26)7-8-20(22)27-11-3-6-21(27)24(28)30/h2-8,11,14-15,25H,9-10,12-13,16H2,1H3. The second-order valence-electron chi connectivity index (χ2n) is 7.75. The first-order valence-electron chi connectivity index (χ1n) is 10.4. The molecule has 0 bridgehead atoms. The van der Waals surface area contributed by atoms with Crippen LogP contribution in [0.5, 0.6) is 5.75 Å². The molecule has 158 valence electrons. The number of benzene rings is 2. The molecule has 1 saturated heterocycles. The summed E-state index contributed by atoms with van der Waals surface area (Å²) in [5.41, 5.74) is 3.69. The van der Waals surface area contributed by atoms with Crippen molar-refractivity contribution in [1.29, 1.82) is 0 Å². The van der Waals surface area contributed by atoms with Gasteiger partial charge in [0.05, 0.1) is 24.7 Å². The first kappa shape index (κ1) is 19.4. The molecule has 7 nitrogen and oxygen atoms in total.